The molecule has 2 aromatic rings. The van der Waals surface area contributed by atoms with Crippen LogP contribution in [0.25, 0.3) is 0 Å². The minimum atomic E-state index is -0.748. The number of hydrogen-bond donors (Lipinski definition) is 1. The van der Waals surface area contributed by atoms with Gasteiger partial charge >= 0.3 is 0 Å². The maximum Gasteiger partial charge on any atom is 0.277 e. The Hall–Kier alpha value is -5.83. The summed E-state index contributed by atoms with van der Waals surface area (Å²) in [6, 6.07) is 3.46. The lowest BCUT2D eigenvalue weighted by atomic mass is 10.1. The first-order valence-electron chi connectivity index (χ1n) is 20.2. The summed E-state index contributed by atoms with van der Waals surface area (Å²) < 4.78 is 16.5. The summed E-state index contributed by atoms with van der Waals surface area (Å²) in [7, 11) is 10.6. The van der Waals surface area contributed by atoms with E-state index in [0.29, 0.717) is 92.3 Å². The first kappa shape index (κ1) is 54.5. The van der Waals surface area contributed by atoms with Crippen molar-refractivity contribution in [2.24, 2.45) is 32.1 Å². The van der Waals surface area contributed by atoms with Gasteiger partial charge in [0, 0.05) is 97.2 Å². The van der Waals surface area contributed by atoms with E-state index in [9.17, 15) is 30.3 Å². The van der Waals surface area contributed by atoms with E-state index in [1.165, 1.54) is 11.3 Å². The molecule has 4 aliphatic heterocycles. The average Bonchev–Trinajstić information content (AvgIpc) is 4.06. The molecule has 6 rings (SSSR count). The highest BCUT2D eigenvalue weighted by atomic mass is 35.5. The Labute approximate surface area is 395 Å². The molecule has 2 aromatic heterocycles. The molecule has 4 fully saturated rings. The van der Waals surface area contributed by atoms with Gasteiger partial charge in [-0.1, -0.05) is 29.3 Å². The number of aromatic nitrogens is 2. The Morgan fingerprint density at radius 2 is 1.50 bits per heavy atom. The third kappa shape index (κ3) is 19.7. The van der Waals surface area contributed by atoms with Crippen molar-refractivity contribution in [3.8, 4) is 6.19 Å². The Morgan fingerprint density at radius 3 is 2.00 bits per heavy atom. The molecule has 4 aliphatic rings. The van der Waals surface area contributed by atoms with Crippen LogP contribution < -0.4 is 5.32 Å². The van der Waals surface area contributed by atoms with Gasteiger partial charge in [0.2, 0.25) is 6.19 Å². The fourth-order valence-corrected chi connectivity index (χ4v) is 7.74. The normalized spacial score (nSPS) is 20.1. The number of hydrogen-bond acceptors (Lipinski definition) is 15. The second-order valence-corrected chi connectivity index (χ2v) is 17.2. The van der Waals surface area contributed by atoms with Gasteiger partial charge in [0.1, 0.15) is 39.8 Å². The molecule has 30 heteroatoms. The van der Waals surface area contributed by atoms with Crippen LogP contribution in [0.4, 0.5) is 0 Å². The van der Waals surface area contributed by atoms with Crippen molar-refractivity contribution in [1.29, 1.82) is 5.26 Å². The Kier molecular flexibility index (Phi) is 23.3. The number of guanidine groups is 3. The predicted molar refractivity (Wildman–Crippen MR) is 245 cm³/mol. The number of thiazole rings is 1. The fraction of sp³-hybridized carbons (Fsp3) is 0.639. The van der Waals surface area contributed by atoms with E-state index in [4.69, 9.17) is 42.7 Å². The number of amidine groups is 1. The van der Waals surface area contributed by atoms with Gasteiger partial charge in [-0.05, 0) is 38.4 Å². The Balaban J connectivity index is 0.000000234. The second kappa shape index (κ2) is 28.3. The summed E-state index contributed by atoms with van der Waals surface area (Å²) in [6.45, 7) is 9.27. The summed E-state index contributed by atoms with van der Waals surface area (Å²) >= 11 is 12.8. The van der Waals surface area contributed by atoms with Crippen LogP contribution in [-0.2, 0) is 27.3 Å². The van der Waals surface area contributed by atoms with Gasteiger partial charge in [0.15, 0.2) is 19.6 Å². The van der Waals surface area contributed by atoms with Crippen LogP contribution in [0.15, 0.2) is 44.8 Å². The van der Waals surface area contributed by atoms with E-state index >= 15 is 0 Å². The zero-order valence-corrected chi connectivity index (χ0v) is 40.1. The molecule has 66 heavy (non-hydrogen) atoms. The van der Waals surface area contributed by atoms with Crippen molar-refractivity contribution >= 4 is 58.3 Å². The van der Waals surface area contributed by atoms with Gasteiger partial charge in [-0.15, -0.1) is 11.3 Å². The maximum absolute atomic E-state index is 10.6. The highest BCUT2D eigenvalue weighted by molar-refractivity contribution is 7.15. The lowest BCUT2D eigenvalue weighted by molar-refractivity contribution is -0.486. The van der Waals surface area contributed by atoms with Crippen LogP contribution in [0.3, 0.4) is 0 Å². The summed E-state index contributed by atoms with van der Waals surface area (Å²) in [5, 5.41) is 50.9. The molecule has 0 aliphatic carbocycles. The number of aliphatic imine (C=N–C) groups is 1. The van der Waals surface area contributed by atoms with Crippen LogP contribution >= 0.6 is 34.5 Å². The molecule has 2 unspecified atom stereocenters. The quantitative estimate of drug-likeness (QED) is 0.0845. The van der Waals surface area contributed by atoms with Crippen LogP contribution in [0, 0.1) is 53.6 Å². The van der Waals surface area contributed by atoms with Gasteiger partial charge in [-0.2, -0.15) is 10.3 Å². The summed E-state index contributed by atoms with van der Waals surface area (Å²) in [4.78, 5) is 56.6. The number of nitriles is 1. The van der Waals surface area contributed by atoms with Crippen LogP contribution in [-0.4, -0.2) is 192 Å². The SMILES string of the molecule is CC(=NC#N)N(C)Cc1cnc(Cl)s1.CN/C(=N\[N+](=O)[O-])N(C)Cc1ccc(Cl)nc1.CN1CN(C)/C(=N\[N+](=O)[O-])N(CC2CCOC2)C1.CN1COCN(CC2CCOC2)/C1=N/[N+](=O)[O-]. The number of nitrogens with one attached hydrogen (secondary N) is 1. The zero-order valence-electron chi connectivity index (χ0n) is 37.8. The Morgan fingerprint density at radius 1 is 0.879 bits per heavy atom. The van der Waals surface area contributed by atoms with E-state index in [1.54, 1.807) is 78.4 Å². The summed E-state index contributed by atoms with van der Waals surface area (Å²) in [5.41, 5.74) is 0.878. The molecule has 0 amide bonds. The highest BCUT2D eigenvalue weighted by Gasteiger charge is 2.31. The third-order valence-electron chi connectivity index (χ3n) is 9.65. The van der Waals surface area contributed by atoms with E-state index in [0.717, 1.165) is 49.6 Å². The van der Waals surface area contributed by atoms with Gasteiger partial charge in [0.05, 0.1) is 33.1 Å². The lowest BCUT2D eigenvalue weighted by Gasteiger charge is -2.40. The highest BCUT2D eigenvalue weighted by Crippen LogP contribution is 2.20. The minimum Gasteiger partial charge on any atom is -0.381 e. The largest absolute Gasteiger partial charge is 0.381 e. The van der Waals surface area contributed by atoms with Crippen molar-refractivity contribution in [3.05, 3.63) is 74.9 Å². The van der Waals surface area contributed by atoms with Crippen LogP contribution in [0.5, 0.6) is 0 Å². The molecule has 27 nitrogen and oxygen atoms in total. The molecule has 0 radical (unpaired) electrons. The predicted octanol–water partition coefficient (Wildman–Crippen LogP) is 2.48. The molecule has 364 valence electrons. The number of nitrogens with zero attached hydrogens (tertiary/aromatic N) is 17. The molecule has 0 saturated carbocycles. The molecule has 0 aromatic carbocycles. The number of halogens is 2. The molecule has 6 heterocycles. The number of pyridine rings is 1. The molecule has 0 spiro atoms. The zero-order chi connectivity index (χ0) is 48.8. The topological polar surface area (TPSA) is 291 Å². The van der Waals surface area contributed by atoms with Gasteiger partial charge in [0.25, 0.3) is 17.9 Å². The number of nitro groups is 3. The molecule has 0 bridgehead atoms. The summed E-state index contributed by atoms with van der Waals surface area (Å²) in [6.07, 6.45) is 7.07. The monoisotopic (exact) mass is 986 g/mol. The van der Waals surface area contributed by atoms with Crippen molar-refractivity contribution in [2.75, 3.05) is 109 Å². The first-order chi connectivity index (χ1) is 31.4. The maximum atomic E-state index is 10.6. The van der Waals surface area contributed by atoms with E-state index in [2.05, 4.69) is 40.5 Å². The van der Waals surface area contributed by atoms with Gasteiger partial charge < -0.3 is 48.9 Å². The van der Waals surface area contributed by atoms with E-state index in [-0.39, 0.29) is 5.96 Å². The molecule has 2 atom stereocenters. The van der Waals surface area contributed by atoms with Crippen molar-refractivity contribution in [3.63, 3.8) is 0 Å². The lowest BCUT2D eigenvalue weighted by Crippen LogP contribution is -2.57. The number of rotatable bonds is 11. The van der Waals surface area contributed by atoms with Gasteiger partial charge in [-0.3, -0.25) is 4.90 Å². The minimum absolute atomic E-state index is 0.171. The third-order valence-corrected chi connectivity index (χ3v) is 11.0. The van der Waals surface area contributed by atoms with Crippen LogP contribution in [0.2, 0.25) is 9.62 Å². The Bertz CT molecular complexity index is 2030. The van der Waals surface area contributed by atoms with Gasteiger partial charge in [-0.25, -0.2) is 40.3 Å². The fourth-order valence-electron chi connectivity index (χ4n) is 6.59. The van der Waals surface area contributed by atoms with Crippen molar-refractivity contribution < 1.29 is 29.3 Å². The van der Waals surface area contributed by atoms with E-state index < -0.39 is 15.1 Å². The first-order valence-corrected chi connectivity index (χ1v) is 21.7. The molecule has 1 N–H and O–H groups in total. The summed E-state index contributed by atoms with van der Waals surface area (Å²) in [5.74, 6) is 2.46. The molecular formula is C36H56Cl2N18O9S. The number of hydrazone groups is 3. The smallest absolute Gasteiger partial charge is 0.277 e. The average molecular weight is 988 g/mol. The molecular weight excluding hydrogens is 931 g/mol. The molecule has 4 saturated heterocycles. The van der Waals surface area contributed by atoms with E-state index in [1.807, 2.05) is 30.9 Å². The standard InChI is InChI=1S/C10H19N5O3.C9H12ClN5O2.C9H16N4O4.C8H9ClN4S/c1-12-7-13(2)10(11-15(16)17)14(8-12)5-9-3-4-18-6-9;1-11-9(13-15(16)17)14(2)6-7-3-4-8(10)12-5-7;1-11-6-17-7-12(9(11)10-13(14)15)4-8-2-3-16-5-8;1-6(12-5-10)13(2)4-7-3-11-8(9)14-7/h9H,3-8H2,1-2H3;3-5H,6H2,1-2H3,(H,11,13);8H,2-7H2,1H3;3H,4H2,1-2H3/b11-10+;;10-9+;. The second-order valence-electron chi connectivity index (χ2n) is 15.1. The van der Waals surface area contributed by atoms with Crippen molar-refractivity contribution in [2.45, 2.75) is 32.9 Å². The van der Waals surface area contributed by atoms with Crippen molar-refractivity contribution in [1.82, 2.24) is 49.6 Å². The number of ether oxygens (including phenoxy) is 3. The van der Waals surface area contributed by atoms with Crippen LogP contribution in [0.1, 0.15) is 30.2 Å².